The highest BCUT2D eigenvalue weighted by Crippen LogP contribution is 2.27. The molecule has 0 aliphatic carbocycles. The molecule has 2 aromatic carbocycles. The zero-order chi connectivity index (χ0) is 15.0. The van der Waals surface area contributed by atoms with E-state index in [2.05, 4.69) is 11.1 Å². The van der Waals surface area contributed by atoms with E-state index in [9.17, 15) is 4.79 Å². The van der Waals surface area contributed by atoms with Crippen LogP contribution in [0.2, 0.25) is 10.0 Å². The van der Waals surface area contributed by atoms with Crippen LogP contribution in [0, 0.1) is 11.3 Å². The average molecular weight is 315 g/mol. The maximum absolute atomic E-state index is 12.6. The molecule has 0 radical (unpaired) electrons. The van der Waals surface area contributed by atoms with Crippen LogP contribution >= 0.6 is 23.2 Å². The van der Waals surface area contributed by atoms with Crippen molar-refractivity contribution in [2.75, 3.05) is 0 Å². The molecule has 3 rings (SSSR count). The number of aromatic amines is 1. The van der Waals surface area contributed by atoms with Gasteiger partial charge in [0.1, 0.15) is 0 Å². The Balaban J connectivity index is 2.16. The lowest BCUT2D eigenvalue weighted by Gasteiger charge is -2.03. The highest BCUT2D eigenvalue weighted by atomic mass is 35.5. The molecule has 3 nitrogen and oxygen atoms in total. The maximum Gasteiger partial charge on any atom is 0.196 e. The molecule has 0 spiro atoms. The molecular formula is C16H8Cl2N2O. The minimum atomic E-state index is -0.210. The van der Waals surface area contributed by atoms with Crippen LogP contribution in [0.1, 0.15) is 21.5 Å². The van der Waals surface area contributed by atoms with Gasteiger partial charge in [-0.2, -0.15) is 5.26 Å². The predicted molar refractivity (Wildman–Crippen MR) is 82.9 cm³/mol. The number of fused-ring (bicyclic) bond motifs is 1. The molecule has 102 valence electrons. The second kappa shape index (κ2) is 5.25. The lowest BCUT2D eigenvalue weighted by molar-refractivity contribution is 0.104. The Bertz CT molecular complexity index is 906. The number of H-pyrrole nitrogens is 1. The second-order valence-electron chi connectivity index (χ2n) is 4.53. The molecule has 1 aromatic heterocycles. The molecule has 0 unspecified atom stereocenters. The summed E-state index contributed by atoms with van der Waals surface area (Å²) in [5.74, 6) is -0.210. The monoisotopic (exact) mass is 314 g/mol. The van der Waals surface area contributed by atoms with Crippen molar-refractivity contribution in [1.82, 2.24) is 4.98 Å². The first-order valence-corrected chi connectivity index (χ1v) is 6.87. The van der Waals surface area contributed by atoms with E-state index in [4.69, 9.17) is 28.5 Å². The first-order valence-electron chi connectivity index (χ1n) is 6.11. The van der Waals surface area contributed by atoms with E-state index in [0.29, 0.717) is 32.1 Å². The minimum absolute atomic E-state index is 0.210. The fraction of sp³-hybridized carbons (Fsp3) is 0. The summed E-state index contributed by atoms with van der Waals surface area (Å²) in [4.78, 5) is 15.6. The normalized spacial score (nSPS) is 10.5. The van der Waals surface area contributed by atoms with Crippen LogP contribution in [0.5, 0.6) is 0 Å². The molecule has 1 heterocycles. The van der Waals surface area contributed by atoms with E-state index in [0.717, 1.165) is 5.52 Å². The number of aromatic nitrogens is 1. The van der Waals surface area contributed by atoms with Crippen molar-refractivity contribution in [2.45, 2.75) is 0 Å². The van der Waals surface area contributed by atoms with Crippen LogP contribution in [0.15, 0.2) is 42.6 Å². The highest BCUT2D eigenvalue weighted by Gasteiger charge is 2.17. The Morgan fingerprint density at radius 1 is 1.10 bits per heavy atom. The van der Waals surface area contributed by atoms with Crippen LogP contribution in [0.4, 0.5) is 0 Å². The number of benzene rings is 2. The highest BCUT2D eigenvalue weighted by molar-refractivity contribution is 6.38. The standard InChI is InChI=1S/C16H8Cl2N2O/c17-10-2-3-11(14(18)6-10)16(21)13-8-20-15-4-1-9(7-19)5-12(13)15/h1-6,8,20H. The van der Waals surface area contributed by atoms with Crippen LogP contribution in [-0.4, -0.2) is 10.8 Å². The predicted octanol–water partition coefficient (Wildman–Crippen LogP) is 4.58. The van der Waals surface area contributed by atoms with Crippen LogP contribution in [0.25, 0.3) is 10.9 Å². The molecule has 0 aliphatic rings. The van der Waals surface area contributed by atoms with Gasteiger partial charge >= 0.3 is 0 Å². The average Bonchev–Trinajstić information content (AvgIpc) is 2.89. The van der Waals surface area contributed by atoms with Crippen molar-refractivity contribution in [3.05, 3.63) is 69.3 Å². The van der Waals surface area contributed by atoms with Crippen molar-refractivity contribution < 1.29 is 4.79 Å². The van der Waals surface area contributed by atoms with Gasteiger partial charge in [0.15, 0.2) is 5.78 Å². The summed E-state index contributed by atoms with van der Waals surface area (Å²) in [7, 11) is 0. The van der Waals surface area contributed by atoms with Gasteiger partial charge in [0.05, 0.1) is 16.7 Å². The molecule has 0 saturated carbocycles. The Morgan fingerprint density at radius 3 is 2.62 bits per heavy atom. The van der Waals surface area contributed by atoms with Gasteiger partial charge in [0.25, 0.3) is 0 Å². The quantitative estimate of drug-likeness (QED) is 0.704. The third-order valence-corrected chi connectivity index (χ3v) is 3.78. The third kappa shape index (κ3) is 2.40. The van der Waals surface area contributed by atoms with Gasteiger partial charge in [-0.05, 0) is 36.4 Å². The number of hydrogen-bond acceptors (Lipinski definition) is 2. The number of rotatable bonds is 2. The summed E-state index contributed by atoms with van der Waals surface area (Å²) in [5.41, 5.74) is 2.15. The Hall–Kier alpha value is -2.28. The van der Waals surface area contributed by atoms with E-state index in [1.165, 1.54) is 6.07 Å². The summed E-state index contributed by atoms with van der Waals surface area (Å²) in [5, 5.41) is 10.5. The van der Waals surface area contributed by atoms with Crippen molar-refractivity contribution in [2.24, 2.45) is 0 Å². The van der Waals surface area contributed by atoms with Gasteiger partial charge < -0.3 is 4.98 Å². The number of halogens is 2. The lowest BCUT2D eigenvalue weighted by Crippen LogP contribution is -2.01. The zero-order valence-corrected chi connectivity index (χ0v) is 12.2. The fourth-order valence-corrected chi connectivity index (χ4v) is 2.69. The number of nitrogens with one attached hydrogen (secondary N) is 1. The van der Waals surface area contributed by atoms with E-state index in [1.807, 2.05) is 0 Å². The van der Waals surface area contributed by atoms with Gasteiger partial charge in [-0.15, -0.1) is 0 Å². The number of hydrogen-bond donors (Lipinski definition) is 1. The summed E-state index contributed by atoms with van der Waals surface area (Å²) in [6.45, 7) is 0. The molecule has 0 saturated heterocycles. The molecule has 0 bridgehead atoms. The summed E-state index contributed by atoms with van der Waals surface area (Å²) < 4.78 is 0. The molecule has 0 fully saturated rings. The number of nitrogens with zero attached hydrogens (tertiary/aromatic N) is 1. The largest absolute Gasteiger partial charge is 0.360 e. The second-order valence-corrected chi connectivity index (χ2v) is 5.37. The molecule has 5 heteroatoms. The molecular weight excluding hydrogens is 307 g/mol. The Kier molecular flexibility index (Phi) is 3.42. The van der Waals surface area contributed by atoms with Crippen molar-refractivity contribution in [3.63, 3.8) is 0 Å². The van der Waals surface area contributed by atoms with Gasteiger partial charge in [0, 0.05) is 33.2 Å². The number of nitriles is 1. The lowest BCUT2D eigenvalue weighted by atomic mass is 10.0. The summed E-state index contributed by atoms with van der Waals surface area (Å²) in [6, 6.07) is 12.0. The number of carbonyl (C=O) groups excluding carboxylic acids is 1. The van der Waals surface area contributed by atoms with Crippen LogP contribution < -0.4 is 0 Å². The molecule has 1 N–H and O–H groups in total. The van der Waals surface area contributed by atoms with Crippen LogP contribution in [-0.2, 0) is 0 Å². The van der Waals surface area contributed by atoms with E-state index < -0.39 is 0 Å². The zero-order valence-electron chi connectivity index (χ0n) is 10.7. The van der Waals surface area contributed by atoms with E-state index in [-0.39, 0.29) is 5.78 Å². The molecule has 0 atom stereocenters. The Labute approximate surface area is 130 Å². The van der Waals surface area contributed by atoms with E-state index in [1.54, 1.807) is 36.5 Å². The first-order chi connectivity index (χ1) is 10.1. The fourth-order valence-electron chi connectivity index (χ4n) is 2.20. The first kappa shape index (κ1) is 13.7. The van der Waals surface area contributed by atoms with Gasteiger partial charge in [0.2, 0.25) is 0 Å². The molecule has 0 amide bonds. The summed E-state index contributed by atoms with van der Waals surface area (Å²) in [6.07, 6.45) is 1.62. The van der Waals surface area contributed by atoms with Gasteiger partial charge in [-0.1, -0.05) is 23.2 Å². The SMILES string of the molecule is N#Cc1ccc2[nH]cc(C(=O)c3ccc(Cl)cc3Cl)c2c1. The Morgan fingerprint density at radius 2 is 1.90 bits per heavy atom. The van der Waals surface area contributed by atoms with Crippen LogP contribution in [0.3, 0.4) is 0 Å². The van der Waals surface area contributed by atoms with Gasteiger partial charge in [-0.25, -0.2) is 0 Å². The van der Waals surface area contributed by atoms with E-state index >= 15 is 0 Å². The third-order valence-electron chi connectivity index (χ3n) is 3.23. The molecule has 21 heavy (non-hydrogen) atoms. The number of carbonyl (C=O) groups is 1. The number of ketones is 1. The molecule has 3 aromatic rings. The minimum Gasteiger partial charge on any atom is -0.360 e. The molecule has 0 aliphatic heterocycles. The summed E-state index contributed by atoms with van der Waals surface area (Å²) >= 11 is 11.9. The van der Waals surface area contributed by atoms with Crippen molar-refractivity contribution >= 4 is 39.9 Å². The topological polar surface area (TPSA) is 56.6 Å². The van der Waals surface area contributed by atoms with Crippen molar-refractivity contribution in [1.29, 1.82) is 5.26 Å². The maximum atomic E-state index is 12.6. The van der Waals surface area contributed by atoms with Crippen molar-refractivity contribution in [3.8, 4) is 6.07 Å². The smallest absolute Gasteiger partial charge is 0.196 e. The van der Waals surface area contributed by atoms with Gasteiger partial charge in [-0.3, -0.25) is 4.79 Å².